The van der Waals surface area contributed by atoms with Crippen molar-refractivity contribution in [2.75, 3.05) is 0 Å². The molecule has 0 unspecified atom stereocenters. The number of ketones is 1. The molecule has 208 valence electrons. The monoisotopic (exact) mass is 808 g/mol. The smallest absolute Gasteiger partial charge is 0.423 e. The van der Waals surface area contributed by atoms with Crippen LogP contribution in [0.3, 0.4) is 0 Å². The fourth-order valence-electron chi connectivity index (χ4n) is 3.73. The highest BCUT2D eigenvalue weighted by atomic mass is 79.9. The van der Waals surface area contributed by atoms with Crippen molar-refractivity contribution in [2.24, 2.45) is 0 Å². The van der Waals surface area contributed by atoms with Gasteiger partial charge in [-0.3, -0.25) is 4.79 Å². The Labute approximate surface area is 260 Å². The number of carbonyl (C=O) groups is 2. The van der Waals surface area contributed by atoms with Crippen molar-refractivity contribution in [1.29, 1.82) is 0 Å². The topological polar surface area (TPSA) is 122 Å². The third-order valence-electron chi connectivity index (χ3n) is 5.53. The molecule has 0 spiro atoms. The molecule has 0 heterocycles. The molecule has 2 aromatic rings. The third-order valence-corrected chi connectivity index (χ3v) is 9.95. The van der Waals surface area contributed by atoms with Crippen LogP contribution >= 0.6 is 63.7 Å². The van der Waals surface area contributed by atoms with Crippen LogP contribution < -0.4 is 10.3 Å². The molecule has 8 nitrogen and oxygen atoms in total. The number of carbonyl (C=O) groups excluding carboxylic acids is 2. The molecule has 2 aromatic carbocycles. The number of sulfonamides is 1. The number of hydrazine groups is 1. The van der Waals surface area contributed by atoms with Gasteiger partial charge in [0.15, 0.2) is 0 Å². The molecule has 1 amide bonds. The van der Waals surface area contributed by atoms with E-state index in [-0.39, 0.29) is 26.5 Å². The number of amides is 1. The van der Waals surface area contributed by atoms with E-state index in [2.05, 4.69) is 74.0 Å². The van der Waals surface area contributed by atoms with Crippen molar-refractivity contribution >= 4 is 91.2 Å². The summed E-state index contributed by atoms with van der Waals surface area (Å²) in [4.78, 5) is 26.7. The number of Topliss-reactive ketones (excluding diaryl/α,β-unsaturated/α-hetero) is 1. The van der Waals surface area contributed by atoms with E-state index in [0.717, 1.165) is 0 Å². The summed E-state index contributed by atoms with van der Waals surface area (Å²) in [6.07, 6.45) is 0.659. The number of allylic oxidation sites excluding steroid dienone is 5. The quantitative estimate of drug-likeness (QED) is 0.273. The fraction of sp³-hybridized carbons (Fsp3) is 0.231. The molecule has 3 N–H and O–H groups in total. The number of nitrogens with one attached hydrogen (secondary N) is 2. The molecule has 1 aliphatic rings. The van der Waals surface area contributed by atoms with Gasteiger partial charge in [-0.2, -0.15) is 0 Å². The van der Waals surface area contributed by atoms with Gasteiger partial charge in [-0.25, -0.2) is 18.6 Å². The van der Waals surface area contributed by atoms with Crippen molar-refractivity contribution in [1.82, 2.24) is 10.3 Å². The van der Waals surface area contributed by atoms with Crippen molar-refractivity contribution in [3.05, 3.63) is 82.2 Å². The number of benzene rings is 2. The van der Waals surface area contributed by atoms with E-state index in [4.69, 9.17) is 4.74 Å². The second-order valence-corrected chi connectivity index (χ2v) is 14.4. The van der Waals surface area contributed by atoms with Gasteiger partial charge in [0, 0.05) is 5.56 Å². The van der Waals surface area contributed by atoms with Crippen LogP contribution in [-0.4, -0.2) is 31.0 Å². The number of ether oxygens (including phenoxy) is 1. The Hall–Kier alpha value is -1.77. The van der Waals surface area contributed by atoms with Gasteiger partial charge >= 0.3 is 6.09 Å². The first-order chi connectivity index (χ1) is 18.0. The third kappa shape index (κ3) is 6.94. The molecule has 39 heavy (non-hydrogen) atoms. The summed E-state index contributed by atoms with van der Waals surface area (Å²) in [5.74, 6) is -0.279. The van der Waals surface area contributed by atoms with Crippen LogP contribution in [0.4, 0.5) is 4.79 Å². The van der Waals surface area contributed by atoms with Crippen molar-refractivity contribution < 1.29 is 27.9 Å². The Morgan fingerprint density at radius 3 is 2.26 bits per heavy atom. The molecule has 0 saturated heterocycles. The van der Waals surface area contributed by atoms with Gasteiger partial charge < -0.3 is 9.84 Å². The highest BCUT2D eigenvalue weighted by Gasteiger charge is 2.29. The van der Waals surface area contributed by atoms with Gasteiger partial charge in [0.05, 0.1) is 22.8 Å². The van der Waals surface area contributed by atoms with E-state index in [1.54, 1.807) is 65.0 Å². The molecule has 0 bridgehead atoms. The predicted octanol–water partition coefficient (Wildman–Crippen LogP) is 7.28. The first-order valence-corrected chi connectivity index (χ1v) is 15.9. The van der Waals surface area contributed by atoms with Crippen molar-refractivity contribution in [3.8, 4) is 5.75 Å². The zero-order chi connectivity index (χ0) is 29.4. The minimum atomic E-state index is -4.33. The molecule has 0 fully saturated rings. The minimum absolute atomic E-state index is 0.0197. The van der Waals surface area contributed by atoms with Crippen LogP contribution in [-0.2, 0) is 19.6 Å². The summed E-state index contributed by atoms with van der Waals surface area (Å²) in [6, 6.07) is 7.93. The van der Waals surface area contributed by atoms with Crippen molar-refractivity contribution in [2.45, 2.75) is 45.1 Å². The van der Waals surface area contributed by atoms with E-state index in [1.165, 1.54) is 6.07 Å². The van der Waals surface area contributed by atoms with E-state index in [9.17, 15) is 23.1 Å². The Balaban J connectivity index is 2.34. The Kier molecular flexibility index (Phi) is 9.77. The van der Waals surface area contributed by atoms with E-state index < -0.39 is 21.7 Å². The van der Waals surface area contributed by atoms with Gasteiger partial charge in [-0.05, 0) is 144 Å². The molecule has 0 saturated carbocycles. The maximum Gasteiger partial charge on any atom is 0.423 e. The Morgan fingerprint density at radius 2 is 1.64 bits per heavy atom. The normalized spacial score (nSPS) is 15.7. The fourth-order valence-corrected chi connectivity index (χ4v) is 7.01. The number of aromatic hydroxyl groups is 1. The predicted molar refractivity (Wildman–Crippen MR) is 164 cm³/mol. The number of phenols is 1. The molecular weight excluding hydrogens is 788 g/mol. The summed E-state index contributed by atoms with van der Waals surface area (Å²) in [6.45, 7) is 8.47. The van der Waals surface area contributed by atoms with Crippen LogP contribution in [0.25, 0.3) is 5.57 Å². The first-order valence-electron chi connectivity index (χ1n) is 11.3. The number of hydrogen-bond acceptors (Lipinski definition) is 6. The molecule has 0 aromatic heterocycles. The first kappa shape index (κ1) is 31.8. The number of phenolic OH excluding ortho intramolecular Hbond substituents is 1. The summed E-state index contributed by atoms with van der Waals surface area (Å²) in [5, 5.41) is 10.5. The number of hydrogen-bond donors (Lipinski definition) is 3. The van der Waals surface area contributed by atoms with Gasteiger partial charge in [0.25, 0.3) is 10.0 Å². The highest BCUT2D eigenvalue weighted by molar-refractivity contribution is 9.13. The lowest BCUT2D eigenvalue weighted by Gasteiger charge is -2.24. The van der Waals surface area contributed by atoms with E-state index >= 15 is 0 Å². The zero-order valence-corrected chi connectivity index (χ0v) is 28.5. The SMILES string of the molecule is CC1=C(Br)C(=O)C(Br)=C/C1=C(/c1ccccc1S(=O)(=O)NNC(=O)OC(C)(C)C)c1cc(Br)c(O)c(Br)c1C. The molecule has 0 radical (unpaired) electrons. The molecule has 1 aliphatic carbocycles. The van der Waals surface area contributed by atoms with Crippen LogP contribution in [0.5, 0.6) is 5.75 Å². The lowest BCUT2D eigenvalue weighted by molar-refractivity contribution is -0.111. The largest absolute Gasteiger partial charge is 0.506 e. The molecule has 0 atom stereocenters. The lowest BCUT2D eigenvalue weighted by Crippen LogP contribution is -2.44. The number of rotatable bonds is 5. The second kappa shape index (κ2) is 12.0. The maximum atomic E-state index is 13.5. The van der Waals surface area contributed by atoms with Crippen molar-refractivity contribution in [3.63, 3.8) is 0 Å². The summed E-state index contributed by atoms with van der Waals surface area (Å²) in [5.41, 5.74) is 4.33. The van der Waals surface area contributed by atoms with Crippen LogP contribution in [0.15, 0.2) is 70.4 Å². The molecular formula is C26H24Br4N2O6S. The second-order valence-electron chi connectivity index (χ2n) is 9.47. The number of halogens is 4. The summed E-state index contributed by atoms with van der Waals surface area (Å²) in [7, 11) is -4.33. The Bertz CT molecular complexity index is 1590. The van der Waals surface area contributed by atoms with Crippen LogP contribution in [0.1, 0.15) is 44.4 Å². The average Bonchev–Trinajstić information content (AvgIpc) is 2.85. The lowest BCUT2D eigenvalue weighted by atomic mass is 9.85. The zero-order valence-electron chi connectivity index (χ0n) is 21.4. The van der Waals surface area contributed by atoms with Gasteiger partial charge in [0.2, 0.25) is 5.78 Å². The van der Waals surface area contributed by atoms with Gasteiger partial charge in [-0.1, -0.05) is 18.2 Å². The average molecular weight is 812 g/mol. The minimum Gasteiger partial charge on any atom is -0.506 e. The summed E-state index contributed by atoms with van der Waals surface area (Å²) < 4.78 is 33.5. The highest BCUT2D eigenvalue weighted by Crippen LogP contribution is 2.45. The van der Waals surface area contributed by atoms with Gasteiger partial charge in [0.1, 0.15) is 11.4 Å². The summed E-state index contributed by atoms with van der Waals surface area (Å²) >= 11 is 13.5. The Morgan fingerprint density at radius 1 is 1.03 bits per heavy atom. The standard InChI is InChI=1S/C26H24Br4N2O6S/c1-12-15(10-17(27)23(33)21(12)29)20(16-11-18(28)24(34)22(30)13(16)2)14-8-6-7-9-19(14)39(36,37)32-31-25(35)38-26(3,4)5/h6-11,32-33H,1-5H3,(H,31,35)/b20-16+. The molecule has 13 heteroatoms. The molecule has 3 rings (SSSR count). The van der Waals surface area contributed by atoms with Crippen LogP contribution in [0.2, 0.25) is 0 Å². The van der Waals surface area contributed by atoms with E-state index in [0.29, 0.717) is 41.3 Å². The van der Waals surface area contributed by atoms with Crippen LogP contribution in [0, 0.1) is 6.92 Å². The maximum absolute atomic E-state index is 13.5. The molecule has 0 aliphatic heterocycles. The van der Waals surface area contributed by atoms with Gasteiger partial charge in [-0.15, -0.1) is 4.83 Å². The van der Waals surface area contributed by atoms with E-state index in [1.807, 2.05) is 0 Å².